The molecule has 1 aromatic carbocycles. The second-order valence-electron chi connectivity index (χ2n) is 3.93. The molecule has 0 aliphatic heterocycles. The highest BCUT2D eigenvalue weighted by Gasteiger charge is 2.35. The number of halogens is 2. The van der Waals surface area contributed by atoms with Crippen molar-refractivity contribution in [1.82, 2.24) is 5.32 Å². The van der Waals surface area contributed by atoms with E-state index in [4.69, 9.17) is 0 Å². The predicted molar refractivity (Wildman–Crippen MR) is 58.4 cm³/mol. The van der Waals surface area contributed by atoms with Gasteiger partial charge >= 0.3 is 0 Å². The molecule has 0 saturated carbocycles. The van der Waals surface area contributed by atoms with Crippen LogP contribution in [0.5, 0.6) is 0 Å². The van der Waals surface area contributed by atoms with Gasteiger partial charge in [0.25, 0.3) is 5.92 Å². The van der Waals surface area contributed by atoms with E-state index in [2.05, 4.69) is 5.32 Å². The Morgan fingerprint density at radius 2 is 1.80 bits per heavy atom. The summed E-state index contributed by atoms with van der Waals surface area (Å²) in [4.78, 5) is 0. The van der Waals surface area contributed by atoms with Gasteiger partial charge in [0.05, 0.1) is 6.04 Å². The average molecular weight is 213 g/mol. The largest absolute Gasteiger partial charge is 0.312 e. The van der Waals surface area contributed by atoms with Gasteiger partial charge in [0.15, 0.2) is 0 Å². The summed E-state index contributed by atoms with van der Waals surface area (Å²) < 4.78 is 27.1. The van der Waals surface area contributed by atoms with E-state index in [-0.39, 0.29) is 6.42 Å². The second kappa shape index (κ2) is 4.71. The zero-order chi connectivity index (χ0) is 11.5. The van der Waals surface area contributed by atoms with Gasteiger partial charge in [0, 0.05) is 6.42 Å². The Labute approximate surface area is 89.5 Å². The lowest BCUT2D eigenvalue weighted by Crippen LogP contribution is -2.42. The van der Waals surface area contributed by atoms with E-state index in [1.165, 1.54) is 6.92 Å². The smallest absolute Gasteiger partial charge is 0.266 e. The third-order valence-corrected chi connectivity index (χ3v) is 2.63. The van der Waals surface area contributed by atoms with Crippen LogP contribution >= 0.6 is 0 Å². The lowest BCUT2D eigenvalue weighted by Gasteiger charge is -2.23. The molecule has 1 nitrogen and oxygen atoms in total. The van der Waals surface area contributed by atoms with Gasteiger partial charge in [0.2, 0.25) is 0 Å². The van der Waals surface area contributed by atoms with E-state index in [1.807, 2.05) is 19.1 Å². The molecule has 1 unspecified atom stereocenters. The van der Waals surface area contributed by atoms with Crippen molar-refractivity contribution in [2.75, 3.05) is 7.05 Å². The number of nitrogens with one attached hydrogen (secondary N) is 1. The van der Waals surface area contributed by atoms with Crippen LogP contribution in [0.3, 0.4) is 0 Å². The van der Waals surface area contributed by atoms with Crippen LogP contribution in [0.4, 0.5) is 8.78 Å². The molecule has 0 spiro atoms. The summed E-state index contributed by atoms with van der Waals surface area (Å²) in [6.07, 6.45) is -0.213. The molecule has 0 bridgehead atoms. The van der Waals surface area contributed by atoms with Crippen LogP contribution in [-0.4, -0.2) is 19.0 Å². The van der Waals surface area contributed by atoms with Crippen LogP contribution in [0.25, 0.3) is 0 Å². The van der Waals surface area contributed by atoms with Crippen LogP contribution in [0.2, 0.25) is 0 Å². The van der Waals surface area contributed by atoms with Crippen LogP contribution in [0, 0.1) is 6.92 Å². The number of aryl methyl sites for hydroxylation is 1. The highest BCUT2D eigenvalue weighted by molar-refractivity contribution is 5.22. The van der Waals surface area contributed by atoms with Crippen molar-refractivity contribution in [3.63, 3.8) is 0 Å². The first-order valence-electron chi connectivity index (χ1n) is 5.06. The molecule has 0 heterocycles. The normalized spacial score (nSPS) is 13.9. The van der Waals surface area contributed by atoms with E-state index in [1.54, 1.807) is 19.2 Å². The zero-order valence-electron chi connectivity index (χ0n) is 9.35. The van der Waals surface area contributed by atoms with Crippen LogP contribution < -0.4 is 5.32 Å². The number of alkyl halides is 2. The molecule has 0 fully saturated rings. The van der Waals surface area contributed by atoms with E-state index in [0.717, 1.165) is 5.56 Å². The summed E-state index contributed by atoms with van der Waals surface area (Å²) in [5, 5.41) is 2.59. The number of benzene rings is 1. The number of hydrogen-bond donors (Lipinski definition) is 1. The predicted octanol–water partition coefficient (Wildman–Crippen LogP) is 2.78. The van der Waals surface area contributed by atoms with Crippen molar-refractivity contribution < 1.29 is 8.78 Å². The fourth-order valence-electron chi connectivity index (χ4n) is 1.34. The second-order valence-corrected chi connectivity index (χ2v) is 3.93. The zero-order valence-corrected chi connectivity index (χ0v) is 9.35. The molecule has 1 aromatic rings. The lowest BCUT2D eigenvalue weighted by atomic mass is 10.0. The Morgan fingerprint density at radius 3 is 2.27 bits per heavy atom. The van der Waals surface area contributed by atoms with E-state index in [0.29, 0.717) is 5.56 Å². The first-order chi connectivity index (χ1) is 6.95. The lowest BCUT2D eigenvalue weighted by molar-refractivity contribution is -0.0285. The maximum absolute atomic E-state index is 13.5. The Kier molecular flexibility index (Phi) is 3.80. The monoisotopic (exact) mass is 213 g/mol. The quantitative estimate of drug-likeness (QED) is 0.811. The maximum atomic E-state index is 13.5. The van der Waals surface area contributed by atoms with Gasteiger partial charge in [0.1, 0.15) is 0 Å². The molecule has 1 rings (SSSR count). The number of rotatable bonds is 4. The first kappa shape index (κ1) is 12.1. The summed E-state index contributed by atoms with van der Waals surface area (Å²) in [5.41, 5.74) is 1.76. The molecule has 84 valence electrons. The Bertz CT molecular complexity index is 306. The van der Waals surface area contributed by atoms with Gasteiger partial charge in [-0.3, -0.25) is 0 Å². The molecule has 0 aromatic heterocycles. The van der Waals surface area contributed by atoms with Gasteiger partial charge in [-0.25, -0.2) is 8.78 Å². The minimum Gasteiger partial charge on any atom is -0.312 e. The molecule has 15 heavy (non-hydrogen) atoms. The Balaban J connectivity index is 2.72. The van der Waals surface area contributed by atoms with Crippen molar-refractivity contribution in [3.05, 3.63) is 35.4 Å². The summed E-state index contributed by atoms with van der Waals surface area (Å²) in [6, 6.07) is 6.42. The Hall–Kier alpha value is -0.960. The summed E-state index contributed by atoms with van der Waals surface area (Å²) in [6.45, 7) is 3.44. The van der Waals surface area contributed by atoms with Gasteiger partial charge in [-0.05, 0) is 26.5 Å². The topological polar surface area (TPSA) is 12.0 Å². The molecular formula is C12H17F2N. The van der Waals surface area contributed by atoms with E-state index >= 15 is 0 Å². The van der Waals surface area contributed by atoms with E-state index in [9.17, 15) is 8.78 Å². The van der Waals surface area contributed by atoms with Crippen LogP contribution in [-0.2, 0) is 6.42 Å². The van der Waals surface area contributed by atoms with Crippen molar-refractivity contribution in [2.24, 2.45) is 0 Å². The standard InChI is InChI=1S/C12H17F2N/c1-9-4-6-11(7-5-9)8-12(13,14)10(2)15-3/h4-7,10,15H,8H2,1-3H3. The molecule has 0 saturated heterocycles. The molecule has 0 aliphatic carbocycles. The number of hydrogen-bond acceptors (Lipinski definition) is 1. The van der Waals surface area contributed by atoms with Crippen molar-refractivity contribution in [3.8, 4) is 0 Å². The third-order valence-electron chi connectivity index (χ3n) is 2.63. The molecule has 0 radical (unpaired) electrons. The summed E-state index contributed by atoms with van der Waals surface area (Å²) >= 11 is 0. The molecule has 0 aliphatic rings. The van der Waals surface area contributed by atoms with Gasteiger partial charge in [-0.1, -0.05) is 29.8 Å². The van der Waals surface area contributed by atoms with Crippen molar-refractivity contribution in [2.45, 2.75) is 32.2 Å². The third kappa shape index (κ3) is 3.27. The maximum Gasteiger partial charge on any atom is 0.266 e. The molecule has 0 amide bonds. The minimum absolute atomic E-state index is 0.213. The molecular weight excluding hydrogens is 196 g/mol. The first-order valence-corrected chi connectivity index (χ1v) is 5.06. The summed E-state index contributed by atoms with van der Waals surface area (Å²) in [5.74, 6) is -2.70. The van der Waals surface area contributed by atoms with Crippen LogP contribution in [0.1, 0.15) is 18.1 Å². The van der Waals surface area contributed by atoms with E-state index < -0.39 is 12.0 Å². The van der Waals surface area contributed by atoms with Crippen molar-refractivity contribution in [1.29, 1.82) is 0 Å². The van der Waals surface area contributed by atoms with Gasteiger partial charge < -0.3 is 5.32 Å². The summed E-state index contributed by atoms with van der Waals surface area (Å²) in [7, 11) is 1.55. The minimum atomic E-state index is -2.70. The highest BCUT2D eigenvalue weighted by Crippen LogP contribution is 2.24. The SMILES string of the molecule is CNC(C)C(F)(F)Cc1ccc(C)cc1. The fraction of sp³-hybridized carbons (Fsp3) is 0.500. The highest BCUT2D eigenvalue weighted by atomic mass is 19.3. The molecule has 3 heteroatoms. The van der Waals surface area contributed by atoms with Crippen molar-refractivity contribution >= 4 is 0 Å². The molecule has 1 atom stereocenters. The molecule has 1 N–H and O–H groups in total. The van der Waals surface area contributed by atoms with Gasteiger partial charge in [-0.2, -0.15) is 0 Å². The van der Waals surface area contributed by atoms with Gasteiger partial charge in [-0.15, -0.1) is 0 Å². The Morgan fingerprint density at radius 1 is 1.27 bits per heavy atom. The fourth-order valence-corrected chi connectivity index (χ4v) is 1.34. The van der Waals surface area contributed by atoms with Crippen LogP contribution in [0.15, 0.2) is 24.3 Å². The average Bonchev–Trinajstić information content (AvgIpc) is 2.20.